The van der Waals surface area contributed by atoms with Crippen molar-refractivity contribution in [2.45, 2.75) is 25.6 Å². The van der Waals surface area contributed by atoms with Crippen molar-refractivity contribution in [3.8, 4) is 0 Å². The van der Waals surface area contributed by atoms with Gasteiger partial charge in [0.1, 0.15) is 6.54 Å². The molecule has 0 saturated carbocycles. The van der Waals surface area contributed by atoms with Gasteiger partial charge in [-0.25, -0.2) is 4.79 Å². The first-order chi connectivity index (χ1) is 7.28. The van der Waals surface area contributed by atoms with E-state index in [-0.39, 0.29) is 6.54 Å². The molecule has 2 N–H and O–H groups in total. The van der Waals surface area contributed by atoms with Crippen LogP contribution in [-0.4, -0.2) is 55.7 Å². The Morgan fingerprint density at radius 1 is 1.31 bits per heavy atom. The first kappa shape index (κ1) is 14.9. The monoisotopic (exact) mass is 249 g/mol. The molecule has 0 aliphatic heterocycles. The van der Waals surface area contributed by atoms with E-state index in [9.17, 15) is 9.59 Å². The fourth-order valence-corrected chi connectivity index (χ4v) is 2.42. The maximum absolute atomic E-state index is 10.7. The fraction of sp³-hybridized carbons (Fsp3) is 0.778. The highest BCUT2D eigenvalue weighted by Crippen LogP contribution is 2.12. The zero-order valence-corrected chi connectivity index (χ0v) is 10.9. The van der Waals surface area contributed by atoms with E-state index in [4.69, 9.17) is 14.6 Å². The number of hydrogen-bond acceptors (Lipinski definition) is 3. The fourth-order valence-electron chi connectivity index (χ4n) is 1.20. The lowest BCUT2D eigenvalue weighted by Crippen LogP contribution is -2.36. The van der Waals surface area contributed by atoms with Gasteiger partial charge in [0.25, 0.3) is 0 Å². The normalized spacial score (nSPS) is 11.2. The van der Waals surface area contributed by atoms with Gasteiger partial charge in [0.15, 0.2) is 8.32 Å². The van der Waals surface area contributed by atoms with Gasteiger partial charge in [-0.3, -0.25) is 9.69 Å². The van der Waals surface area contributed by atoms with Gasteiger partial charge in [0.2, 0.25) is 0 Å². The predicted octanol–water partition coefficient (Wildman–Crippen LogP) is 1.29. The van der Waals surface area contributed by atoms with Crippen LogP contribution in [0.5, 0.6) is 0 Å². The minimum Gasteiger partial charge on any atom is -0.480 e. The Hall–Kier alpha value is -1.08. The largest absolute Gasteiger partial charge is 0.480 e. The van der Waals surface area contributed by atoms with Crippen LogP contribution in [0.15, 0.2) is 0 Å². The molecule has 0 bridgehead atoms. The third-order valence-electron chi connectivity index (χ3n) is 2.36. The van der Waals surface area contributed by atoms with Crippen molar-refractivity contribution < 1.29 is 24.2 Å². The standard InChI is InChI=1S/C9H19NO5Si/c1-15-16(2,3)6-4-5-10(9(13)14)7-8(11)12/h4-7H2,1-3H3,(H,11,12)(H,13,14). The van der Waals surface area contributed by atoms with Crippen molar-refractivity contribution in [2.24, 2.45) is 0 Å². The summed E-state index contributed by atoms with van der Waals surface area (Å²) in [6.45, 7) is 3.84. The van der Waals surface area contributed by atoms with Crippen LogP contribution in [0.25, 0.3) is 0 Å². The molecule has 0 heterocycles. The molecule has 1 amide bonds. The van der Waals surface area contributed by atoms with Gasteiger partial charge in [-0.2, -0.15) is 0 Å². The van der Waals surface area contributed by atoms with Crippen LogP contribution in [0.4, 0.5) is 4.79 Å². The van der Waals surface area contributed by atoms with Gasteiger partial charge < -0.3 is 14.6 Å². The third kappa shape index (κ3) is 6.41. The first-order valence-corrected chi connectivity index (χ1v) is 8.15. The van der Waals surface area contributed by atoms with Crippen molar-refractivity contribution in [1.82, 2.24) is 4.90 Å². The van der Waals surface area contributed by atoms with Gasteiger partial charge in [-0.15, -0.1) is 0 Å². The molecule has 0 spiro atoms. The van der Waals surface area contributed by atoms with E-state index in [2.05, 4.69) is 0 Å². The number of carboxylic acids is 1. The quantitative estimate of drug-likeness (QED) is 0.664. The molecule has 0 unspecified atom stereocenters. The van der Waals surface area contributed by atoms with Crippen LogP contribution >= 0.6 is 0 Å². The molecule has 0 radical (unpaired) electrons. The number of aliphatic carboxylic acids is 1. The molecular weight excluding hydrogens is 230 g/mol. The van der Waals surface area contributed by atoms with Gasteiger partial charge in [0.05, 0.1) is 0 Å². The molecule has 0 aromatic rings. The summed E-state index contributed by atoms with van der Waals surface area (Å²) >= 11 is 0. The number of amides is 1. The van der Waals surface area contributed by atoms with Crippen molar-refractivity contribution in [2.75, 3.05) is 20.2 Å². The molecule has 0 aliphatic rings. The van der Waals surface area contributed by atoms with E-state index in [0.29, 0.717) is 6.42 Å². The molecule has 0 aromatic heterocycles. The molecule has 0 aliphatic carbocycles. The molecule has 6 nitrogen and oxygen atoms in total. The summed E-state index contributed by atoms with van der Waals surface area (Å²) in [5.41, 5.74) is 0. The first-order valence-electron chi connectivity index (χ1n) is 5.03. The third-order valence-corrected chi connectivity index (χ3v) is 5.02. The van der Waals surface area contributed by atoms with Gasteiger partial charge in [-0.05, 0) is 25.6 Å². The number of carbonyl (C=O) groups is 2. The highest BCUT2D eigenvalue weighted by atomic mass is 28.4. The van der Waals surface area contributed by atoms with Crippen LogP contribution in [0.3, 0.4) is 0 Å². The van der Waals surface area contributed by atoms with E-state index >= 15 is 0 Å². The van der Waals surface area contributed by atoms with E-state index in [1.165, 1.54) is 0 Å². The molecule has 7 heteroatoms. The topological polar surface area (TPSA) is 87.1 Å². The second-order valence-corrected chi connectivity index (χ2v) is 8.59. The summed E-state index contributed by atoms with van der Waals surface area (Å²) in [6.07, 6.45) is -0.564. The average molecular weight is 249 g/mol. The summed E-state index contributed by atoms with van der Waals surface area (Å²) in [6, 6.07) is 0.812. The Morgan fingerprint density at radius 3 is 2.25 bits per heavy atom. The predicted molar refractivity (Wildman–Crippen MR) is 61.1 cm³/mol. The molecular formula is C9H19NO5Si. The Kier molecular flexibility index (Phi) is 6.05. The summed E-state index contributed by atoms with van der Waals surface area (Å²) < 4.78 is 5.32. The molecule has 0 aromatic carbocycles. The van der Waals surface area contributed by atoms with E-state index in [1.807, 2.05) is 13.1 Å². The van der Waals surface area contributed by atoms with Crippen molar-refractivity contribution in [3.05, 3.63) is 0 Å². The second kappa shape index (κ2) is 6.49. The second-order valence-electron chi connectivity index (χ2n) is 4.17. The van der Waals surface area contributed by atoms with Crippen LogP contribution < -0.4 is 0 Å². The highest BCUT2D eigenvalue weighted by molar-refractivity contribution is 6.71. The maximum Gasteiger partial charge on any atom is 0.407 e. The zero-order valence-electron chi connectivity index (χ0n) is 9.89. The Labute approximate surface area is 95.9 Å². The van der Waals surface area contributed by atoms with Gasteiger partial charge >= 0.3 is 12.1 Å². The van der Waals surface area contributed by atoms with E-state index < -0.39 is 26.9 Å². The molecule has 0 fully saturated rings. The smallest absolute Gasteiger partial charge is 0.407 e. The average Bonchev–Trinajstić information content (AvgIpc) is 2.15. The summed E-state index contributed by atoms with van der Waals surface area (Å²) in [5, 5.41) is 17.3. The van der Waals surface area contributed by atoms with Crippen LogP contribution in [-0.2, 0) is 9.22 Å². The lowest BCUT2D eigenvalue weighted by Gasteiger charge is -2.22. The van der Waals surface area contributed by atoms with Crippen LogP contribution in [0.2, 0.25) is 19.1 Å². The Bertz CT molecular complexity index is 256. The Balaban J connectivity index is 4.04. The molecule has 0 rings (SSSR count). The molecule has 16 heavy (non-hydrogen) atoms. The van der Waals surface area contributed by atoms with Crippen LogP contribution in [0, 0.1) is 0 Å². The SMILES string of the molecule is CO[Si](C)(C)CCCN(CC(=O)O)C(=O)O. The number of hydrogen-bond donors (Lipinski definition) is 2. The highest BCUT2D eigenvalue weighted by Gasteiger charge is 2.22. The van der Waals surface area contributed by atoms with Crippen molar-refractivity contribution in [3.63, 3.8) is 0 Å². The summed E-state index contributed by atoms with van der Waals surface area (Å²) in [5.74, 6) is -1.13. The summed E-state index contributed by atoms with van der Waals surface area (Å²) in [7, 11) is -0.0346. The minimum atomic E-state index is -1.69. The Morgan fingerprint density at radius 2 is 1.88 bits per heavy atom. The zero-order chi connectivity index (χ0) is 12.8. The van der Waals surface area contributed by atoms with Crippen molar-refractivity contribution in [1.29, 1.82) is 0 Å². The number of carboxylic acid groups (broad SMARTS) is 2. The van der Waals surface area contributed by atoms with Crippen LogP contribution in [0.1, 0.15) is 6.42 Å². The molecule has 0 saturated heterocycles. The number of rotatable bonds is 7. The molecule has 94 valence electrons. The van der Waals surface area contributed by atoms with Crippen molar-refractivity contribution >= 4 is 20.4 Å². The number of nitrogens with zero attached hydrogens (tertiary/aromatic N) is 1. The van der Waals surface area contributed by atoms with E-state index in [1.54, 1.807) is 7.11 Å². The molecule has 0 atom stereocenters. The minimum absolute atomic E-state index is 0.238. The van der Waals surface area contributed by atoms with E-state index in [0.717, 1.165) is 10.9 Å². The van der Waals surface area contributed by atoms with Gasteiger partial charge in [0, 0.05) is 13.7 Å². The maximum atomic E-state index is 10.7. The summed E-state index contributed by atoms with van der Waals surface area (Å²) in [4.78, 5) is 22.0. The lowest BCUT2D eigenvalue weighted by atomic mass is 10.4. The van der Waals surface area contributed by atoms with Gasteiger partial charge in [-0.1, -0.05) is 0 Å². The lowest BCUT2D eigenvalue weighted by molar-refractivity contribution is -0.137.